The minimum Gasteiger partial charge on any atom is -0.465 e. The molecular weight excluding hydrogens is 412 g/mol. The van der Waals surface area contributed by atoms with Gasteiger partial charge in [-0.25, -0.2) is 0 Å². The highest BCUT2D eigenvalue weighted by Gasteiger charge is 2.64. The first-order chi connectivity index (χ1) is 15.0. The van der Waals surface area contributed by atoms with Gasteiger partial charge in [0.05, 0.1) is 6.61 Å². The van der Waals surface area contributed by atoms with Crippen LogP contribution in [0.3, 0.4) is 0 Å². The van der Waals surface area contributed by atoms with E-state index in [1.165, 1.54) is 20.8 Å². The first-order valence-electron chi connectivity index (χ1n) is 12.0. The molecule has 0 N–H and O–H groups in total. The van der Waals surface area contributed by atoms with Crippen LogP contribution < -0.4 is 0 Å². The summed E-state index contributed by atoms with van der Waals surface area (Å²) in [5.74, 6) is 0.345. The van der Waals surface area contributed by atoms with Gasteiger partial charge in [0, 0.05) is 44.9 Å². The molecule has 0 radical (unpaired) electrons. The summed E-state index contributed by atoms with van der Waals surface area (Å²) < 4.78 is 17.0. The average molecular weight is 449 g/mol. The molecule has 0 bridgehead atoms. The zero-order valence-electron chi connectivity index (χ0n) is 19.7. The van der Waals surface area contributed by atoms with Crippen molar-refractivity contribution in [2.24, 2.45) is 34.5 Å². The number of Topliss-reactive ketones (excluding diaryl/α,β-unsaturated/α-hetero) is 1. The monoisotopic (exact) mass is 448 g/mol. The number of hydrogen-bond donors (Lipinski definition) is 0. The Hall–Kier alpha value is -1.92. The van der Waals surface area contributed by atoms with E-state index >= 15 is 0 Å². The van der Waals surface area contributed by atoms with Crippen LogP contribution in [0.2, 0.25) is 0 Å². The Labute approximate surface area is 189 Å². The number of ether oxygens (including phenoxy) is 3. The van der Waals surface area contributed by atoms with Gasteiger partial charge in [-0.2, -0.15) is 0 Å². The Morgan fingerprint density at radius 3 is 2.31 bits per heavy atom. The van der Waals surface area contributed by atoms with Crippen molar-refractivity contribution in [2.45, 2.75) is 91.3 Å². The van der Waals surface area contributed by atoms with Gasteiger partial charge in [-0.05, 0) is 61.7 Å². The highest BCUT2D eigenvalue weighted by Crippen LogP contribution is 2.66. The molecule has 32 heavy (non-hydrogen) atoms. The maximum Gasteiger partial charge on any atom is 0.302 e. The molecule has 0 heterocycles. The number of ketones is 1. The second kappa shape index (κ2) is 8.45. The smallest absolute Gasteiger partial charge is 0.302 e. The molecule has 7 nitrogen and oxygen atoms in total. The number of fused-ring (bicyclic) bond motifs is 5. The fraction of sp³-hybridized carbons (Fsp3) is 0.840. The van der Waals surface area contributed by atoms with Crippen LogP contribution in [0.1, 0.15) is 79.1 Å². The number of carbonyl (C=O) groups excluding carboxylic acids is 4. The van der Waals surface area contributed by atoms with Gasteiger partial charge in [-0.1, -0.05) is 6.92 Å². The third-order valence-electron chi connectivity index (χ3n) is 9.17. The van der Waals surface area contributed by atoms with E-state index < -0.39 is 0 Å². The number of carbonyl (C=O) groups is 4. The van der Waals surface area contributed by atoms with E-state index in [0.29, 0.717) is 31.8 Å². The number of hydrogen-bond acceptors (Lipinski definition) is 7. The molecule has 0 amide bonds. The Bertz CT molecular complexity index is 806. The van der Waals surface area contributed by atoms with Gasteiger partial charge in [0.15, 0.2) is 0 Å². The van der Waals surface area contributed by atoms with E-state index in [0.717, 1.165) is 32.1 Å². The van der Waals surface area contributed by atoms with E-state index in [2.05, 4.69) is 6.92 Å². The van der Waals surface area contributed by atoms with Gasteiger partial charge < -0.3 is 14.2 Å². The number of esters is 3. The minimum atomic E-state index is -0.306. The van der Waals surface area contributed by atoms with E-state index in [9.17, 15) is 19.2 Å². The zero-order chi connectivity index (χ0) is 23.3. The van der Waals surface area contributed by atoms with Crippen molar-refractivity contribution >= 4 is 23.7 Å². The first kappa shape index (κ1) is 23.2. The minimum absolute atomic E-state index is 0.0561. The van der Waals surface area contributed by atoms with E-state index in [4.69, 9.17) is 14.2 Å². The van der Waals surface area contributed by atoms with E-state index in [-0.39, 0.29) is 64.5 Å². The SMILES string of the molecule is CC(=O)OC[C@]12CC[C@@H]3[C@H](C[C@H](OC(C)=O)[C@H]4CC(=O)CC[C@]34C)[C@H]1C[C@@H](OC(C)=O)C2. The van der Waals surface area contributed by atoms with Crippen LogP contribution in [-0.2, 0) is 33.4 Å². The zero-order valence-corrected chi connectivity index (χ0v) is 19.7. The lowest BCUT2D eigenvalue weighted by molar-refractivity contribution is -0.189. The summed E-state index contributed by atoms with van der Waals surface area (Å²) in [6.07, 6.45) is 5.50. The molecular formula is C25H36O7. The second-order valence-electron chi connectivity index (χ2n) is 11.0. The topological polar surface area (TPSA) is 96.0 Å². The van der Waals surface area contributed by atoms with Crippen LogP contribution in [0.5, 0.6) is 0 Å². The Balaban J connectivity index is 1.67. The predicted molar refractivity (Wildman–Crippen MR) is 114 cm³/mol. The summed E-state index contributed by atoms with van der Waals surface area (Å²) in [4.78, 5) is 47.7. The van der Waals surface area contributed by atoms with Crippen molar-refractivity contribution in [1.29, 1.82) is 0 Å². The maximum atomic E-state index is 12.3. The molecule has 8 atom stereocenters. The van der Waals surface area contributed by atoms with Gasteiger partial charge >= 0.3 is 17.9 Å². The molecule has 4 aliphatic carbocycles. The van der Waals surface area contributed by atoms with Crippen LogP contribution in [-0.4, -0.2) is 42.5 Å². The van der Waals surface area contributed by atoms with Crippen molar-refractivity contribution in [3.05, 3.63) is 0 Å². The molecule has 178 valence electrons. The highest BCUT2D eigenvalue weighted by atomic mass is 16.5. The molecule has 0 unspecified atom stereocenters. The van der Waals surface area contributed by atoms with Gasteiger partial charge in [-0.3, -0.25) is 19.2 Å². The maximum absolute atomic E-state index is 12.3. The first-order valence-corrected chi connectivity index (χ1v) is 12.0. The summed E-state index contributed by atoms with van der Waals surface area (Å²) in [6, 6.07) is 0. The highest BCUT2D eigenvalue weighted by molar-refractivity contribution is 5.80. The molecule has 0 aromatic heterocycles. The third kappa shape index (κ3) is 4.08. The Morgan fingerprint density at radius 2 is 1.66 bits per heavy atom. The van der Waals surface area contributed by atoms with E-state index in [1.807, 2.05) is 0 Å². The van der Waals surface area contributed by atoms with Crippen LogP contribution in [0.25, 0.3) is 0 Å². The summed E-state index contributed by atoms with van der Waals surface area (Å²) >= 11 is 0. The standard InChI is InChI=1S/C25H36O7/c1-14(26)30-13-25-8-6-20-19(21(25)10-18(12-25)31-15(2)27)11-23(32-16(3)28)22-9-17(29)5-7-24(20,22)4/h18-23H,5-13H2,1-4H3/t18-,19+,20-,21-,22-,23+,24-,25-/m1/s1. The van der Waals surface area contributed by atoms with Crippen LogP contribution >= 0.6 is 0 Å². The molecule has 4 saturated carbocycles. The molecule has 0 aromatic carbocycles. The van der Waals surface area contributed by atoms with Crippen molar-refractivity contribution in [3.8, 4) is 0 Å². The Kier molecular flexibility index (Phi) is 6.14. The van der Waals surface area contributed by atoms with Crippen LogP contribution in [0, 0.1) is 34.5 Å². The molecule has 0 aliphatic heterocycles. The van der Waals surface area contributed by atoms with Crippen molar-refractivity contribution in [3.63, 3.8) is 0 Å². The lowest BCUT2D eigenvalue weighted by Gasteiger charge is -2.61. The fourth-order valence-corrected chi connectivity index (χ4v) is 8.00. The summed E-state index contributed by atoms with van der Waals surface area (Å²) in [7, 11) is 0. The molecule has 0 spiro atoms. The molecule has 7 heteroatoms. The molecule has 0 aromatic rings. The molecule has 4 fully saturated rings. The van der Waals surface area contributed by atoms with Crippen molar-refractivity contribution < 1.29 is 33.4 Å². The lowest BCUT2D eigenvalue weighted by Crippen LogP contribution is -2.58. The summed E-state index contributed by atoms with van der Waals surface area (Å²) in [5.41, 5.74) is -0.286. The quantitative estimate of drug-likeness (QED) is 0.479. The van der Waals surface area contributed by atoms with Crippen LogP contribution in [0.4, 0.5) is 0 Å². The lowest BCUT2D eigenvalue weighted by atomic mass is 9.44. The third-order valence-corrected chi connectivity index (χ3v) is 9.17. The van der Waals surface area contributed by atoms with Gasteiger partial charge in [0.2, 0.25) is 0 Å². The normalized spacial score (nSPS) is 42.8. The van der Waals surface area contributed by atoms with E-state index in [1.54, 1.807) is 0 Å². The molecule has 4 rings (SSSR count). The van der Waals surface area contributed by atoms with Gasteiger partial charge in [0.1, 0.15) is 18.0 Å². The van der Waals surface area contributed by atoms with Crippen molar-refractivity contribution in [2.75, 3.05) is 6.61 Å². The summed E-state index contributed by atoms with van der Waals surface area (Å²) in [6.45, 7) is 6.93. The van der Waals surface area contributed by atoms with Crippen LogP contribution in [0.15, 0.2) is 0 Å². The summed E-state index contributed by atoms with van der Waals surface area (Å²) in [5, 5.41) is 0. The molecule has 4 aliphatic rings. The Morgan fingerprint density at radius 1 is 0.938 bits per heavy atom. The molecule has 0 saturated heterocycles. The van der Waals surface area contributed by atoms with Gasteiger partial charge in [0.25, 0.3) is 0 Å². The number of rotatable bonds is 4. The largest absolute Gasteiger partial charge is 0.465 e. The van der Waals surface area contributed by atoms with Crippen molar-refractivity contribution in [1.82, 2.24) is 0 Å². The van der Waals surface area contributed by atoms with Gasteiger partial charge in [-0.15, -0.1) is 0 Å². The predicted octanol–water partition coefficient (Wildman–Crippen LogP) is 3.61. The second-order valence-corrected chi connectivity index (χ2v) is 11.0. The fourth-order valence-electron chi connectivity index (χ4n) is 8.00. The average Bonchev–Trinajstić information content (AvgIpc) is 3.05.